The summed E-state index contributed by atoms with van der Waals surface area (Å²) in [6.45, 7) is 6.97. The Hall–Kier alpha value is -2.80. The molecule has 0 spiro atoms. The van der Waals surface area contributed by atoms with Crippen LogP contribution in [0.5, 0.6) is 5.75 Å². The number of hydrogen-bond donors (Lipinski definition) is 0. The quantitative estimate of drug-likeness (QED) is 0.675. The summed E-state index contributed by atoms with van der Waals surface area (Å²) in [7, 11) is 0. The molecular weight excluding hydrogens is 390 g/mol. The van der Waals surface area contributed by atoms with Crippen LogP contribution in [0.3, 0.4) is 0 Å². The topological polar surface area (TPSA) is 49.9 Å². The molecule has 2 aromatic rings. The largest absolute Gasteiger partial charge is 0.483 e. The SMILES string of the molecule is CC(=O)c1ccc(F)cc1OCC(=O)N1C[C@@H](C)N(Cc2ccc(F)cc2)C[C@@H]1C. The van der Waals surface area contributed by atoms with Crippen molar-refractivity contribution in [3.63, 3.8) is 0 Å². The lowest BCUT2D eigenvalue weighted by Crippen LogP contribution is -2.58. The van der Waals surface area contributed by atoms with Crippen LogP contribution in [0, 0.1) is 11.6 Å². The number of carbonyl (C=O) groups excluding carboxylic acids is 2. The average molecular weight is 416 g/mol. The maximum absolute atomic E-state index is 13.5. The second-order valence-electron chi connectivity index (χ2n) is 7.79. The lowest BCUT2D eigenvalue weighted by atomic mass is 10.1. The van der Waals surface area contributed by atoms with E-state index in [-0.39, 0.29) is 47.5 Å². The number of Topliss-reactive ketones (excluding diaryl/α,β-unsaturated/α-hetero) is 1. The highest BCUT2D eigenvalue weighted by atomic mass is 19.1. The molecule has 1 aliphatic heterocycles. The Morgan fingerprint density at radius 3 is 2.33 bits per heavy atom. The van der Waals surface area contributed by atoms with E-state index in [2.05, 4.69) is 4.90 Å². The standard InChI is InChI=1S/C23H26F2N2O3/c1-15-12-27(16(2)11-26(15)13-18-4-6-19(24)7-5-18)23(29)14-30-22-10-20(25)8-9-21(22)17(3)28/h4-10,15-16H,11-14H2,1-3H3/t15-,16+/m1/s1. The Bertz CT molecular complexity index is 917. The molecule has 1 heterocycles. The predicted molar refractivity (Wildman–Crippen MR) is 109 cm³/mol. The van der Waals surface area contributed by atoms with Crippen molar-refractivity contribution in [2.75, 3.05) is 19.7 Å². The van der Waals surface area contributed by atoms with Gasteiger partial charge in [-0.2, -0.15) is 0 Å². The number of halogens is 2. The van der Waals surface area contributed by atoms with Gasteiger partial charge < -0.3 is 9.64 Å². The Morgan fingerprint density at radius 2 is 1.67 bits per heavy atom. The Morgan fingerprint density at radius 1 is 1.00 bits per heavy atom. The molecule has 0 bridgehead atoms. The van der Waals surface area contributed by atoms with E-state index < -0.39 is 5.82 Å². The first-order chi connectivity index (χ1) is 14.2. The van der Waals surface area contributed by atoms with Crippen LogP contribution in [0.15, 0.2) is 42.5 Å². The van der Waals surface area contributed by atoms with Gasteiger partial charge in [0.25, 0.3) is 5.91 Å². The molecule has 0 N–H and O–H groups in total. The molecule has 1 fully saturated rings. The molecule has 1 aliphatic rings. The lowest BCUT2D eigenvalue weighted by molar-refractivity contribution is -0.139. The number of nitrogens with zero attached hydrogens (tertiary/aromatic N) is 2. The van der Waals surface area contributed by atoms with Gasteiger partial charge in [-0.3, -0.25) is 14.5 Å². The zero-order valence-electron chi connectivity index (χ0n) is 17.4. The summed E-state index contributed by atoms with van der Waals surface area (Å²) in [6.07, 6.45) is 0. The van der Waals surface area contributed by atoms with E-state index in [1.165, 1.54) is 31.2 Å². The van der Waals surface area contributed by atoms with Gasteiger partial charge in [-0.15, -0.1) is 0 Å². The van der Waals surface area contributed by atoms with E-state index in [1.807, 2.05) is 13.8 Å². The monoisotopic (exact) mass is 416 g/mol. The first-order valence-corrected chi connectivity index (χ1v) is 9.96. The van der Waals surface area contributed by atoms with Crippen LogP contribution in [-0.4, -0.2) is 53.3 Å². The molecule has 1 amide bonds. The van der Waals surface area contributed by atoms with Gasteiger partial charge in [-0.05, 0) is 50.6 Å². The van der Waals surface area contributed by atoms with Crippen molar-refractivity contribution in [3.05, 3.63) is 65.2 Å². The fourth-order valence-corrected chi connectivity index (χ4v) is 3.72. The second-order valence-corrected chi connectivity index (χ2v) is 7.79. The van der Waals surface area contributed by atoms with Crippen LogP contribution in [0.4, 0.5) is 8.78 Å². The highest BCUT2D eigenvalue weighted by molar-refractivity contribution is 5.96. The molecule has 2 atom stereocenters. The van der Waals surface area contributed by atoms with Crippen LogP contribution in [0.25, 0.3) is 0 Å². The number of ether oxygens (including phenoxy) is 1. The van der Waals surface area contributed by atoms with Crippen molar-refractivity contribution < 1.29 is 23.1 Å². The maximum Gasteiger partial charge on any atom is 0.260 e. The molecule has 160 valence electrons. The van der Waals surface area contributed by atoms with E-state index in [9.17, 15) is 18.4 Å². The number of rotatable bonds is 6. The highest BCUT2D eigenvalue weighted by Gasteiger charge is 2.32. The number of amides is 1. The molecule has 0 radical (unpaired) electrons. The number of hydrogen-bond acceptors (Lipinski definition) is 4. The lowest BCUT2D eigenvalue weighted by Gasteiger charge is -2.44. The molecule has 3 rings (SSSR count). The van der Waals surface area contributed by atoms with Gasteiger partial charge >= 0.3 is 0 Å². The first-order valence-electron chi connectivity index (χ1n) is 9.96. The van der Waals surface area contributed by atoms with Crippen molar-refractivity contribution >= 4 is 11.7 Å². The van der Waals surface area contributed by atoms with Crippen LogP contribution in [0.1, 0.15) is 36.7 Å². The van der Waals surface area contributed by atoms with Gasteiger partial charge in [-0.25, -0.2) is 8.78 Å². The Labute approximate surface area is 175 Å². The zero-order chi connectivity index (χ0) is 21.8. The molecule has 0 saturated carbocycles. The summed E-state index contributed by atoms with van der Waals surface area (Å²) in [5, 5.41) is 0. The normalized spacial score (nSPS) is 19.6. The molecule has 2 aromatic carbocycles. The van der Waals surface area contributed by atoms with Gasteiger partial charge in [0.2, 0.25) is 0 Å². The van der Waals surface area contributed by atoms with Crippen molar-refractivity contribution in [2.24, 2.45) is 0 Å². The van der Waals surface area contributed by atoms with Gasteiger partial charge in [0.15, 0.2) is 12.4 Å². The second kappa shape index (κ2) is 9.34. The Kier molecular flexibility index (Phi) is 6.82. The third-order valence-electron chi connectivity index (χ3n) is 5.41. The van der Waals surface area contributed by atoms with Crippen LogP contribution < -0.4 is 4.74 Å². The van der Waals surface area contributed by atoms with E-state index in [1.54, 1.807) is 17.0 Å². The summed E-state index contributed by atoms with van der Waals surface area (Å²) in [5.74, 6) is -1.18. The molecule has 0 aliphatic carbocycles. The molecule has 5 nitrogen and oxygen atoms in total. The molecule has 0 unspecified atom stereocenters. The summed E-state index contributed by atoms with van der Waals surface area (Å²) >= 11 is 0. The minimum atomic E-state index is -0.529. The van der Waals surface area contributed by atoms with Gasteiger partial charge in [-0.1, -0.05) is 12.1 Å². The van der Waals surface area contributed by atoms with E-state index >= 15 is 0 Å². The van der Waals surface area contributed by atoms with Gasteiger partial charge in [0, 0.05) is 37.8 Å². The van der Waals surface area contributed by atoms with Crippen LogP contribution in [0.2, 0.25) is 0 Å². The van der Waals surface area contributed by atoms with Gasteiger partial charge in [0.05, 0.1) is 5.56 Å². The predicted octanol–water partition coefficient (Wildman–Crippen LogP) is 3.67. The molecule has 7 heteroatoms. The maximum atomic E-state index is 13.5. The van der Waals surface area contributed by atoms with Crippen molar-refractivity contribution in [1.29, 1.82) is 0 Å². The number of ketones is 1. The average Bonchev–Trinajstić information content (AvgIpc) is 2.70. The smallest absolute Gasteiger partial charge is 0.260 e. The van der Waals surface area contributed by atoms with Crippen LogP contribution >= 0.6 is 0 Å². The zero-order valence-corrected chi connectivity index (χ0v) is 17.4. The first kappa shape index (κ1) is 21.9. The summed E-state index contributed by atoms with van der Waals surface area (Å²) in [4.78, 5) is 28.5. The molecule has 30 heavy (non-hydrogen) atoms. The molecule has 1 saturated heterocycles. The molecular formula is C23H26F2N2O3. The minimum absolute atomic E-state index is 0.0439. The van der Waals surface area contributed by atoms with E-state index in [0.29, 0.717) is 19.6 Å². The van der Waals surface area contributed by atoms with Gasteiger partial charge in [0.1, 0.15) is 17.4 Å². The highest BCUT2D eigenvalue weighted by Crippen LogP contribution is 2.22. The van der Waals surface area contributed by atoms with E-state index in [4.69, 9.17) is 4.74 Å². The fraction of sp³-hybridized carbons (Fsp3) is 0.391. The van der Waals surface area contributed by atoms with Crippen molar-refractivity contribution in [2.45, 2.75) is 39.4 Å². The third-order valence-corrected chi connectivity index (χ3v) is 5.41. The van der Waals surface area contributed by atoms with Crippen molar-refractivity contribution in [1.82, 2.24) is 9.80 Å². The van der Waals surface area contributed by atoms with Crippen LogP contribution in [-0.2, 0) is 11.3 Å². The number of carbonyl (C=O) groups is 2. The molecule has 0 aromatic heterocycles. The number of piperazine rings is 1. The van der Waals surface area contributed by atoms with E-state index in [0.717, 1.165) is 11.6 Å². The fourth-order valence-electron chi connectivity index (χ4n) is 3.72. The third kappa shape index (κ3) is 5.21. The summed E-state index contributed by atoms with van der Waals surface area (Å²) < 4.78 is 32.2. The van der Waals surface area contributed by atoms with Crippen molar-refractivity contribution in [3.8, 4) is 5.75 Å². The summed E-state index contributed by atoms with van der Waals surface area (Å²) in [5.41, 5.74) is 1.26. The Balaban J connectivity index is 1.61. The summed E-state index contributed by atoms with van der Waals surface area (Å²) in [6, 6.07) is 10.2. The number of benzene rings is 2. The minimum Gasteiger partial charge on any atom is -0.483 e.